The molecule has 0 radical (unpaired) electrons. The molecule has 0 atom stereocenters. The molecule has 56 valence electrons. The van der Waals surface area contributed by atoms with Gasteiger partial charge in [0.05, 0.1) is 6.20 Å². The van der Waals surface area contributed by atoms with Crippen LogP contribution in [0, 0.1) is 3.83 Å². The fourth-order valence-electron chi connectivity index (χ4n) is 0.750. The van der Waals surface area contributed by atoms with Gasteiger partial charge in [-0.05, 0) is 15.9 Å². The average Bonchev–Trinajstić information content (AvgIpc) is 2.33. The van der Waals surface area contributed by atoms with Gasteiger partial charge in [-0.25, -0.2) is 4.98 Å². The van der Waals surface area contributed by atoms with Crippen molar-refractivity contribution in [3.8, 4) is 0 Å². The molecule has 0 saturated heterocycles. The predicted molar refractivity (Wildman–Crippen MR) is 51.2 cm³/mol. The van der Waals surface area contributed by atoms with Crippen LogP contribution in [0.5, 0.6) is 0 Å². The van der Waals surface area contributed by atoms with Crippen LogP contribution >= 0.6 is 38.5 Å². The van der Waals surface area contributed by atoms with Gasteiger partial charge >= 0.3 is 0 Å². The van der Waals surface area contributed by atoms with E-state index in [9.17, 15) is 0 Å². The first-order valence-corrected chi connectivity index (χ1v) is 4.66. The lowest BCUT2D eigenvalue weighted by molar-refractivity contribution is 1.04. The molecule has 0 bridgehead atoms. The molecule has 11 heavy (non-hydrogen) atoms. The van der Waals surface area contributed by atoms with Gasteiger partial charge in [0.15, 0.2) is 9.48 Å². The van der Waals surface area contributed by atoms with E-state index in [0.29, 0.717) is 0 Å². The van der Waals surface area contributed by atoms with Crippen LogP contribution in [-0.4, -0.2) is 19.6 Å². The summed E-state index contributed by atoms with van der Waals surface area (Å²) in [5.41, 5.74) is 0.762. The Hall–Kier alpha value is -0.240. The standard InChI is InChI=1S/C5H2BrIN4/c6-3-2-11-4(1-8-3)9-10-5(11)7/h1-2H. The molecule has 0 fully saturated rings. The Morgan fingerprint density at radius 1 is 1.45 bits per heavy atom. The van der Waals surface area contributed by atoms with Crippen LogP contribution in [0.25, 0.3) is 5.65 Å². The van der Waals surface area contributed by atoms with Crippen LogP contribution in [0.3, 0.4) is 0 Å². The summed E-state index contributed by atoms with van der Waals surface area (Å²) in [4.78, 5) is 4.01. The van der Waals surface area contributed by atoms with Crippen molar-refractivity contribution in [2.24, 2.45) is 0 Å². The zero-order valence-corrected chi connectivity index (χ0v) is 8.94. The van der Waals surface area contributed by atoms with E-state index < -0.39 is 0 Å². The number of fused-ring (bicyclic) bond motifs is 1. The Kier molecular flexibility index (Phi) is 1.80. The van der Waals surface area contributed by atoms with Crippen LogP contribution in [0.15, 0.2) is 17.0 Å². The Morgan fingerprint density at radius 3 is 3.09 bits per heavy atom. The minimum atomic E-state index is 0.762. The highest BCUT2D eigenvalue weighted by molar-refractivity contribution is 14.1. The van der Waals surface area contributed by atoms with E-state index >= 15 is 0 Å². The van der Waals surface area contributed by atoms with E-state index in [1.807, 2.05) is 10.6 Å². The Labute approximate surface area is 84.3 Å². The number of hydrogen-bond donors (Lipinski definition) is 0. The van der Waals surface area contributed by atoms with Crippen molar-refractivity contribution in [2.45, 2.75) is 0 Å². The van der Waals surface area contributed by atoms with Gasteiger partial charge in [0.1, 0.15) is 4.60 Å². The van der Waals surface area contributed by atoms with E-state index in [4.69, 9.17) is 0 Å². The molecule has 0 aliphatic heterocycles. The van der Waals surface area contributed by atoms with Crippen LogP contribution < -0.4 is 0 Å². The second-order valence-corrected chi connectivity index (χ2v) is 3.68. The zero-order chi connectivity index (χ0) is 7.84. The van der Waals surface area contributed by atoms with Crippen molar-refractivity contribution < 1.29 is 0 Å². The molecule has 0 N–H and O–H groups in total. The van der Waals surface area contributed by atoms with Gasteiger partial charge in [-0.2, -0.15) is 0 Å². The minimum absolute atomic E-state index is 0.762. The van der Waals surface area contributed by atoms with Crippen LogP contribution in [0.1, 0.15) is 0 Å². The Morgan fingerprint density at radius 2 is 2.27 bits per heavy atom. The average molecular weight is 325 g/mol. The van der Waals surface area contributed by atoms with Gasteiger partial charge in [0.2, 0.25) is 0 Å². The third-order valence-electron chi connectivity index (χ3n) is 1.22. The van der Waals surface area contributed by atoms with Crippen molar-refractivity contribution in [1.29, 1.82) is 0 Å². The van der Waals surface area contributed by atoms with E-state index in [1.54, 1.807) is 6.20 Å². The van der Waals surface area contributed by atoms with E-state index in [1.165, 1.54) is 0 Å². The number of hydrogen-bond acceptors (Lipinski definition) is 3. The first-order valence-electron chi connectivity index (χ1n) is 2.79. The van der Waals surface area contributed by atoms with E-state index in [-0.39, 0.29) is 0 Å². The lowest BCUT2D eigenvalue weighted by atomic mass is 10.7. The zero-order valence-electron chi connectivity index (χ0n) is 5.20. The summed E-state index contributed by atoms with van der Waals surface area (Å²) in [5, 5.41) is 7.76. The maximum atomic E-state index is 4.01. The second-order valence-electron chi connectivity index (χ2n) is 1.91. The molecule has 0 aliphatic carbocycles. The van der Waals surface area contributed by atoms with Gasteiger partial charge in [-0.1, -0.05) is 0 Å². The first-order chi connectivity index (χ1) is 5.27. The molecule has 0 aliphatic rings. The molecule has 0 unspecified atom stereocenters. The number of nitrogens with zero attached hydrogens (tertiary/aromatic N) is 4. The highest BCUT2D eigenvalue weighted by Crippen LogP contribution is 2.09. The molecule has 6 heteroatoms. The topological polar surface area (TPSA) is 43.1 Å². The van der Waals surface area contributed by atoms with E-state index in [2.05, 4.69) is 53.7 Å². The Balaban J connectivity index is 2.87. The monoisotopic (exact) mass is 324 g/mol. The number of aromatic nitrogens is 4. The van der Waals surface area contributed by atoms with Crippen molar-refractivity contribution >= 4 is 44.2 Å². The predicted octanol–water partition coefficient (Wildman–Crippen LogP) is 1.49. The van der Waals surface area contributed by atoms with Crippen molar-refractivity contribution in [1.82, 2.24) is 19.6 Å². The number of rotatable bonds is 0. The summed E-state index contributed by atoms with van der Waals surface area (Å²) >= 11 is 5.37. The molecule has 2 heterocycles. The summed E-state index contributed by atoms with van der Waals surface area (Å²) in [6, 6.07) is 0. The molecule has 0 saturated carbocycles. The minimum Gasteiger partial charge on any atom is -0.274 e. The fourth-order valence-corrected chi connectivity index (χ4v) is 1.55. The fraction of sp³-hybridized carbons (Fsp3) is 0. The molecule has 4 nitrogen and oxygen atoms in total. The maximum Gasteiger partial charge on any atom is 0.198 e. The van der Waals surface area contributed by atoms with Crippen LogP contribution in [0.2, 0.25) is 0 Å². The van der Waals surface area contributed by atoms with Crippen molar-refractivity contribution in [2.75, 3.05) is 0 Å². The molecule has 2 rings (SSSR count). The second kappa shape index (κ2) is 2.67. The third-order valence-corrected chi connectivity index (χ3v) is 2.36. The summed E-state index contributed by atoms with van der Waals surface area (Å²) in [6.45, 7) is 0. The normalized spacial score (nSPS) is 10.7. The quantitative estimate of drug-likeness (QED) is 0.690. The molecule has 0 aromatic carbocycles. The summed E-state index contributed by atoms with van der Waals surface area (Å²) in [6.07, 6.45) is 3.50. The van der Waals surface area contributed by atoms with Gasteiger partial charge in [-0.15, -0.1) is 10.2 Å². The molecule has 0 amide bonds. The van der Waals surface area contributed by atoms with Gasteiger partial charge in [-0.3, -0.25) is 4.40 Å². The highest BCUT2D eigenvalue weighted by Gasteiger charge is 2.00. The number of halogens is 2. The van der Waals surface area contributed by atoms with Crippen molar-refractivity contribution in [3.63, 3.8) is 0 Å². The smallest absolute Gasteiger partial charge is 0.198 e. The highest BCUT2D eigenvalue weighted by atomic mass is 127. The van der Waals surface area contributed by atoms with Gasteiger partial charge in [0.25, 0.3) is 0 Å². The van der Waals surface area contributed by atoms with Gasteiger partial charge in [0, 0.05) is 28.8 Å². The SMILES string of the molecule is Brc1cn2c(I)nnc2cn1. The van der Waals surface area contributed by atoms with E-state index in [0.717, 1.165) is 14.1 Å². The summed E-state index contributed by atoms with van der Waals surface area (Å²) < 4.78 is 3.47. The molecule has 2 aromatic rings. The third kappa shape index (κ3) is 1.24. The van der Waals surface area contributed by atoms with Crippen LogP contribution in [0.4, 0.5) is 0 Å². The largest absolute Gasteiger partial charge is 0.274 e. The molecule has 2 aromatic heterocycles. The molecule has 0 spiro atoms. The summed E-state index contributed by atoms with van der Waals surface area (Å²) in [5.74, 6) is 0. The first kappa shape index (κ1) is 7.41. The molecular weight excluding hydrogens is 323 g/mol. The Bertz CT molecular complexity index is 398. The molecular formula is C5H2BrIN4. The van der Waals surface area contributed by atoms with Crippen LogP contribution in [-0.2, 0) is 0 Å². The van der Waals surface area contributed by atoms with Gasteiger partial charge < -0.3 is 0 Å². The lowest BCUT2D eigenvalue weighted by Crippen LogP contribution is -1.88. The van der Waals surface area contributed by atoms with Crippen molar-refractivity contribution in [3.05, 3.63) is 20.8 Å². The lowest BCUT2D eigenvalue weighted by Gasteiger charge is -1.91. The summed E-state index contributed by atoms with van der Waals surface area (Å²) in [7, 11) is 0. The maximum absolute atomic E-state index is 4.01.